The van der Waals surface area contributed by atoms with E-state index in [2.05, 4.69) is 10.3 Å². The van der Waals surface area contributed by atoms with Gasteiger partial charge in [0, 0.05) is 16.9 Å². The van der Waals surface area contributed by atoms with E-state index in [1.54, 1.807) is 19.1 Å². The highest BCUT2D eigenvalue weighted by Gasteiger charge is 2.21. The fraction of sp³-hybridized carbons (Fsp3) is 0.353. The van der Waals surface area contributed by atoms with E-state index in [0.717, 1.165) is 22.6 Å². The number of thiophene rings is 1. The Morgan fingerprint density at radius 3 is 2.88 bits per heavy atom. The van der Waals surface area contributed by atoms with E-state index >= 15 is 0 Å². The average molecular weight is 507 g/mol. The van der Waals surface area contributed by atoms with E-state index in [1.165, 1.54) is 11.3 Å². The average Bonchev–Trinajstić information content (AvgIpc) is 3.10. The number of nitrogens with two attached hydrogens (primary N) is 1. The Balaban J connectivity index is 0.00000243. The Morgan fingerprint density at radius 1 is 1.35 bits per heavy atom. The number of para-hydroxylation sites is 1. The number of benzene rings is 1. The van der Waals surface area contributed by atoms with Gasteiger partial charge in [0.05, 0.1) is 24.9 Å². The summed E-state index contributed by atoms with van der Waals surface area (Å²) in [6.45, 7) is 2.62. The van der Waals surface area contributed by atoms with Crippen molar-refractivity contribution in [3.63, 3.8) is 0 Å². The van der Waals surface area contributed by atoms with E-state index in [0.29, 0.717) is 23.3 Å². The molecule has 1 aromatic heterocycles. The molecule has 3 rings (SSSR count). The molecule has 0 radical (unpaired) electrons. The zero-order valence-electron chi connectivity index (χ0n) is 14.3. The summed E-state index contributed by atoms with van der Waals surface area (Å²) in [6, 6.07) is 11.3. The van der Waals surface area contributed by atoms with Crippen molar-refractivity contribution in [3.05, 3.63) is 46.8 Å². The zero-order valence-corrected chi connectivity index (χ0v) is 18.3. The first kappa shape index (κ1) is 21.0. The van der Waals surface area contributed by atoms with Crippen LogP contribution in [0.15, 0.2) is 45.6 Å². The molecule has 1 unspecified atom stereocenters. The third-order valence-corrected chi connectivity index (χ3v) is 7.40. The van der Waals surface area contributed by atoms with Gasteiger partial charge in [0.1, 0.15) is 9.96 Å². The molecule has 0 saturated heterocycles. The third-order valence-electron chi connectivity index (χ3n) is 4.01. The highest BCUT2D eigenvalue weighted by Crippen LogP contribution is 2.31. The number of hydrogen-bond acceptors (Lipinski definition) is 5. The van der Waals surface area contributed by atoms with Gasteiger partial charge in [-0.2, -0.15) is 0 Å². The lowest BCUT2D eigenvalue weighted by Gasteiger charge is -2.26. The maximum Gasteiger partial charge on any atom is 0.189 e. The number of aliphatic imine (C=N–C) groups is 1. The lowest BCUT2D eigenvalue weighted by Crippen LogP contribution is -2.37. The molecule has 0 spiro atoms. The number of rotatable bonds is 5. The molecule has 142 valence electrons. The monoisotopic (exact) mass is 507 g/mol. The standard InChI is InChI=1S/C17H21N3O3S2.HI/c1-2-25(21,22)16-8-7-12(24-16)11-19-17(18)20-14-9-10-23-15-6-4-3-5-13(14)15;/h3-8,14H,2,9-11H2,1H3,(H3,18,19,20);1H. The Morgan fingerprint density at radius 2 is 2.12 bits per heavy atom. The normalized spacial score (nSPS) is 17.0. The molecule has 0 fully saturated rings. The third kappa shape index (κ3) is 4.89. The van der Waals surface area contributed by atoms with Crippen LogP contribution in [0.1, 0.15) is 29.8 Å². The van der Waals surface area contributed by atoms with E-state index < -0.39 is 9.84 Å². The summed E-state index contributed by atoms with van der Waals surface area (Å²) in [5, 5.41) is 3.23. The van der Waals surface area contributed by atoms with Crippen LogP contribution >= 0.6 is 35.3 Å². The second-order valence-corrected chi connectivity index (χ2v) is 9.37. The van der Waals surface area contributed by atoms with Crippen molar-refractivity contribution in [2.24, 2.45) is 10.7 Å². The lowest BCUT2D eigenvalue weighted by atomic mass is 10.0. The van der Waals surface area contributed by atoms with Crippen LogP contribution < -0.4 is 15.8 Å². The van der Waals surface area contributed by atoms with Crippen LogP contribution in [0.4, 0.5) is 0 Å². The number of ether oxygens (including phenoxy) is 1. The predicted molar refractivity (Wildman–Crippen MR) is 115 cm³/mol. The van der Waals surface area contributed by atoms with Gasteiger partial charge in [-0.05, 0) is 18.2 Å². The first-order chi connectivity index (χ1) is 12.0. The molecule has 1 aromatic carbocycles. The molecule has 0 bridgehead atoms. The SMILES string of the molecule is CCS(=O)(=O)c1ccc(CN=C(N)NC2CCOc3ccccc32)s1.I. The molecule has 0 aliphatic carbocycles. The number of halogens is 1. The molecular formula is C17H22IN3O3S2. The molecule has 0 saturated carbocycles. The Labute approximate surface area is 174 Å². The maximum atomic E-state index is 11.9. The minimum Gasteiger partial charge on any atom is -0.493 e. The fourth-order valence-corrected chi connectivity index (χ4v) is 5.03. The van der Waals surface area contributed by atoms with Crippen LogP contribution in [0.2, 0.25) is 0 Å². The van der Waals surface area contributed by atoms with Crippen LogP contribution in [0.5, 0.6) is 5.75 Å². The number of nitrogens with zero attached hydrogens (tertiary/aromatic N) is 1. The lowest BCUT2D eigenvalue weighted by molar-refractivity contribution is 0.262. The number of guanidine groups is 1. The van der Waals surface area contributed by atoms with Gasteiger partial charge in [-0.25, -0.2) is 13.4 Å². The van der Waals surface area contributed by atoms with Crippen molar-refractivity contribution < 1.29 is 13.2 Å². The second-order valence-electron chi connectivity index (χ2n) is 5.70. The second kappa shape index (κ2) is 9.05. The molecule has 2 aromatic rings. The first-order valence-electron chi connectivity index (χ1n) is 8.09. The molecule has 26 heavy (non-hydrogen) atoms. The highest BCUT2D eigenvalue weighted by atomic mass is 127. The zero-order chi connectivity index (χ0) is 17.9. The van der Waals surface area contributed by atoms with Crippen molar-refractivity contribution in [2.45, 2.75) is 30.1 Å². The van der Waals surface area contributed by atoms with Crippen LogP contribution in [0.3, 0.4) is 0 Å². The van der Waals surface area contributed by atoms with E-state index in [9.17, 15) is 8.42 Å². The molecule has 6 nitrogen and oxygen atoms in total. The van der Waals surface area contributed by atoms with Crippen molar-refractivity contribution >= 4 is 51.1 Å². The summed E-state index contributed by atoms with van der Waals surface area (Å²) < 4.78 is 29.7. The highest BCUT2D eigenvalue weighted by molar-refractivity contribution is 14.0. The quantitative estimate of drug-likeness (QED) is 0.369. The number of nitrogens with one attached hydrogen (secondary N) is 1. The van der Waals surface area contributed by atoms with Crippen molar-refractivity contribution in [3.8, 4) is 5.75 Å². The van der Waals surface area contributed by atoms with Crippen LogP contribution in [-0.2, 0) is 16.4 Å². The van der Waals surface area contributed by atoms with Crippen LogP contribution in [-0.4, -0.2) is 26.7 Å². The molecular weight excluding hydrogens is 485 g/mol. The number of fused-ring (bicyclic) bond motifs is 1. The summed E-state index contributed by atoms with van der Waals surface area (Å²) in [6.07, 6.45) is 0.811. The van der Waals surface area contributed by atoms with Gasteiger partial charge in [0.25, 0.3) is 0 Å². The Bertz CT molecular complexity index is 881. The van der Waals surface area contributed by atoms with E-state index in [-0.39, 0.29) is 35.8 Å². The summed E-state index contributed by atoms with van der Waals surface area (Å²) in [7, 11) is -3.16. The molecule has 3 N–H and O–H groups in total. The summed E-state index contributed by atoms with van der Waals surface area (Å²) >= 11 is 1.24. The van der Waals surface area contributed by atoms with Gasteiger partial charge in [0.15, 0.2) is 15.8 Å². The topological polar surface area (TPSA) is 93.8 Å². The van der Waals surface area contributed by atoms with Gasteiger partial charge in [-0.3, -0.25) is 0 Å². The largest absolute Gasteiger partial charge is 0.493 e. The van der Waals surface area contributed by atoms with E-state index in [1.807, 2.05) is 24.3 Å². The smallest absolute Gasteiger partial charge is 0.189 e. The predicted octanol–water partition coefficient (Wildman–Crippen LogP) is 3.09. The van der Waals surface area contributed by atoms with Gasteiger partial charge >= 0.3 is 0 Å². The molecule has 1 aliphatic heterocycles. The van der Waals surface area contributed by atoms with Crippen molar-refractivity contribution in [2.75, 3.05) is 12.4 Å². The Kier molecular flexibility index (Phi) is 7.30. The van der Waals surface area contributed by atoms with Gasteiger partial charge < -0.3 is 15.8 Å². The molecule has 1 atom stereocenters. The van der Waals surface area contributed by atoms with Crippen LogP contribution in [0, 0.1) is 0 Å². The molecule has 0 amide bonds. The maximum absolute atomic E-state index is 11.9. The van der Waals surface area contributed by atoms with Crippen LogP contribution in [0.25, 0.3) is 0 Å². The molecule has 2 heterocycles. The van der Waals surface area contributed by atoms with E-state index in [4.69, 9.17) is 10.5 Å². The van der Waals surface area contributed by atoms with Gasteiger partial charge in [-0.15, -0.1) is 35.3 Å². The summed E-state index contributed by atoms with van der Waals surface area (Å²) in [5.74, 6) is 1.31. The number of hydrogen-bond donors (Lipinski definition) is 2. The fourth-order valence-electron chi connectivity index (χ4n) is 2.63. The minimum absolute atomic E-state index is 0. The van der Waals surface area contributed by atoms with Gasteiger partial charge in [0.2, 0.25) is 0 Å². The van der Waals surface area contributed by atoms with Crippen molar-refractivity contribution in [1.82, 2.24) is 5.32 Å². The first-order valence-corrected chi connectivity index (χ1v) is 10.6. The summed E-state index contributed by atoms with van der Waals surface area (Å²) in [4.78, 5) is 5.21. The molecule has 1 aliphatic rings. The summed E-state index contributed by atoms with van der Waals surface area (Å²) in [5.41, 5.74) is 7.08. The Hall–Kier alpha value is -1.33. The molecule has 9 heteroatoms. The number of sulfone groups is 1. The van der Waals surface area contributed by atoms with Crippen molar-refractivity contribution in [1.29, 1.82) is 0 Å². The van der Waals surface area contributed by atoms with Gasteiger partial charge in [-0.1, -0.05) is 25.1 Å². The minimum atomic E-state index is -3.16.